The predicted octanol–water partition coefficient (Wildman–Crippen LogP) is 6.33. The van der Waals surface area contributed by atoms with Gasteiger partial charge in [0.15, 0.2) is 0 Å². The normalized spacial score (nSPS) is 10.5. The molecule has 0 amide bonds. The maximum Gasteiger partial charge on any atom is 0.311 e. The minimum absolute atomic E-state index is 0.189. The Morgan fingerprint density at radius 1 is 0.607 bits per heavy atom. The predicted molar refractivity (Wildman–Crippen MR) is 111 cm³/mol. The molecule has 0 saturated heterocycles. The van der Waals surface area contributed by atoms with Crippen LogP contribution in [0.25, 0.3) is 11.1 Å². The smallest absolute Gasteiger partial charge is 0.311 e. The molecular weight excluding hydrogens is 352 g/mol. The molecule has 2 rings (SSSR count). The highest BCUT2D eigenvalue weighted by atomic mass is 16.5. The zero-order valence-corrected chi connectivity index (χ0v) is 16.9. The molecule has 0 bridgehead atoms. The van der Waals surface area contributed by atoms with Gasteiger partial charge in [-0.1, -0.05) is 63.8 Å². The monoisotopic (exact) mass is 382 g/mol. The van der Waals surface area contributed by atoms with Gasteiger partial charge in [0.1, 0.15) is 11.5 Å². The van der Waals surface area contributed by atoms with Gasteiger partial charge in [0.25, 0.3) is 0 Å². The Balaban J connectivity index is 1.87. The van der Waals surface area contributed by atoms with Crippen molar-refractivity contribution in [3.8, 4) is 22.6 Å². The van der Waals surface area contributed by atoms with Crippen LogP contribution in [0.1, 0.15) is 65.2 Å². The number of rotatable bonds is 11. The summed E-state index contributed by atoms with van der Waals surface area (Å²) in [5, 5.41) is 0. The molecule has 0 atom stereocenters. The second-order valence-corrected chi connectivity index (χ2v) is 6.91. The average molecular weight is 383 g/mol. The second kappa shape index (κ2) is 12.0. The molecule has 28 heavy (non-hydrogen) atoms. The summed E-state index contributed by atoms with van der Waals surface area (Å²) in [5.41, 5.74) is 2.01. The van der Waals surface area contributed by atoms with E-state index in [1.54, 1.807) is 24.3 Å². The third-order valence-corrected chi connectivity index (χ3v) is 4.47. The van der Waals surface area contributed by atoms with E-state index in [4.69, 9.17) is 9.47 Å². The highest BCUT2D eigenvalue weighted by Gasteiger charge is 2.07. The van der Waals surface area contributed by atoms with Crippen LogP contribution in [-0.2, 0) is 9.59 Å². The fraction of sp³-hybridized carbons (Fsp3) is 0.417. The number of hydrogen-bond donors (Lipinski definition) is 0. The maximum absolute atomic E-state index is 11.8. The number of unbranched alkanes of at least 4 members (excludes halogenated alkanes) is 4. The van der Waals surface area contributed by atoms with E-state index in [-0.39, 0.29) is 11.9 Å². The Morgan fingerprint density at radius 2 is 0.964 bits per heavy atom. The van der Waals surface area contributed by atoms with Crippen LogP contribution < -0.4 is 9.47 Å². The number of esters is 2. The molecule has 0 aliphatic carbocycles. The molecule has 2 aromatic carbocycles. The van der Waals surface area contributed by atoms with Crippen LogP contribution in [0.5, 0.6) is 11.5 Å². The van der Waals surface area contributed by atoms with E-state index in [0.29, 0.717) is 24.3 Å². The summed E-state index contributed by atoms with van der Waals surface area (Å²) in [6.07, 6.45) is 6.88. The molecule has 0 radical (unpaired) electrons. The van der Waals surface area contributed by atoms with Gasteiger partial charge < -0.3 is 9.47 Å². The Labute approximate surface area is 167 Å². The first-order chi connectivity index (χ1) is 13.6. The second-order valence-electron chi connectivity index (χ2n) is 6.91. The van der Waals surface area contributed by atoms with Crippen LogP contribution in [-0.4, -0.2) is 11.9 Å². The molecule has 0 fully saturated rings. The topological polar surface area (TPSA) is 52.6 Å². The van der Waals surface area contributed by atoms with Gasteiger partial charge in [-0.05, 0) is 48.2 Å². The van der Waals surface area contributed by atoms with E-state index in [0.717, 1.165) is 49.7 Å². The van der Waals surface area contributed by atoms with Gasteiger partial charge in [-0.15, -0.1) is 0 Å². The lowest BCUT2D eigenvalue weighted by molar-refractivity contribution is -0.135. The molecule has 0 aliphatic heterocycles. The van der Waals surface area contributed by atoms with Crippen molar-refractivity contribution < 1.29 is 19.1 Å². The number of hydrogen-bond acceptors (Lipinski definition) is 4. The molecule has 0 aliphatic rings. The molecule has 4 nitrogen and oxygen atoms in total. The highest BCUT2D eigenvalue weighted by Crippen LogP contribution is 2.25. The fourth-order valence-electron chi connectivity index (χ4n) is 2.83. The van der Waals surface area contributed by atoms with E-state index in [2.05, 4.69) is 13.8 Å². The number of carbonyl (C=O) groups excluding carboxylic acids is 2. The van der Waals surface area contributed by atoms with Crippen molar-refractivity contribution >= 4 is 11.9 Å². The van der Waals surface area contributed by atoms with Gasteiger partial charge in [-0.3, -0.25) is 9.59 Å². The van der Waals surface area contributed by atoms with Crippen LogP contribution >= 0.6 is 0 Å². The largest absolute Gasteiger partial charge is 0.427 e. The Kier molecular flexibility index (Phi) is 9.26. The Hall–Kier alpha value is -2.62. The van der Waals surface area contributed by atoms with Gasteiger partial charge in [-0.2, -0.15) is 0 Å². The molecule has 0 saturated carbocycles. The van der Waals surface area contributed by atoms with Crippen molar-refractivity contribution in [3.63, 3.8) is 0 Å². The summed E-state index contributed by atoms with van der Waals surface area (Å²) in [7, 11) is 0. The van der Waals surface area contributed by atoms with Crippen molar-refractivity contribution in [2.45, 2.75) is 65.2 Å². The number of ether oxygens (including phenoxy) is 2. The first kappa shape index (κ1) is 21.7. The van der Waals surface area contributed by atoms with Gasteiger partial charge in [0.2, 0.25) is 0 Å². The Bertz CT molecular complexity index is 667. The molecule has 0 aromatic heterocycles. The lowest BCUT2D eigenvalue weighted by Gasteiger charge is -2.08. The summed E-state index contributed by atoms with van der Waals surface area (Å²) in [5.74, 6) is 0.739. The van der Waals surface area contributed by atoms with Crippen molar-refractivity contribution in [3.05, 3.63) is 48.5 Å². The first-order valence-electron chi connectivity index (χ1n) is 10.2. The average Bonchev–Trinajstić information content (AvgIpc) is 2.70. The quantitative estimate of drug-likeness (QED) is 0.259. The van der Waals surface area contributed by atoms with Gasteiger partial charge >= 0.3 is 11.9 Å². The molecule has 0 N–H and O–H groups in total. The van der Waals surface area contributed by atoms with E-state index < -0.39 is 0 Å². The van der Waals surface area contributed by atoms with Crippen LogP contribution in [0.3, 0.4) is 0 Å². The van der Waals surface area contributed by atoms with Crippen molar-refractivity contribution in [1.29, 1.82) is 0 Å². The number of carbonyl (C=O) groups is 2. The zero-order chi connectivity index (χ0) is 20.2. The zero-order valence-electron chi connectivity index (χ0n) is 16.9. The minimum atomic E-state index is -0.189. The first-order valence-corrected chi connectivity index (χ1v) is 10.2. The highest BCUT2D eigenvalue weighted by molar-refractivity contribution is 5.74. The van der Waals surface area contributed by atoms with Crippen molar-refractivity contribution in [2.75, 3.05) is 0 Å². The lowest BCUT2D eigenvalue weighted by Crippen LogP contribution is -2.07. The molecule has 0 spiro atoms. The van der Waals surface area contributed by atoms with Crippen molar-refractivity contribution in [1.82, 2.24) is 0 Å². The van der Waals surface area contributed by atoms with E-state index >= 15 is 0 Å². The summed E-state index contributed by atoms with van der Waals surface area (Å²) in [6.45, 7) is 4.21. The van der Waals surface area contributed by atoms with Crippen molar-refractivity contribution in [2.24, 2.45) is 0 Å². The molecule has 150 valence electrons. The molecule has 0 heterocycles. The van der Waals surface area contributed by atoms with Gasteiger partial charge in [0.05, 0.1) is 0 Å². The third-order valence-electron chi connectivity index (χ3n) is 4.47. The number of benzene rings is 2. The van der Waals surface area contributed by atoms with Crippen LogP contribution in [0.4, 0.5) is 0 Å². The van der Waals surface area contributed by atoms with E-state index in [1.807, 2.05) is 24.3 Å². The summed E-state index contributed by atoms with van der Waals surface area (Å²) >= 11 is 0. The van der Waals surface area contributed by atoms with Crippen LogP contribution in [0, 0.1) is 0 Å². The van der Waals surface area contributed by atoms with Gasteiger partial charge in [0, 0.05) is 12.8 Å². The molecule has 0 unspecified atom stereocenters. The van der Waals surface area contributed by atoms with Crippen LogP contribution in [0.2, 0.25) is 0 Å². The lowest BCUT2D eigenvalue weighted by atomic mass is 10.1. The van der Waals surface area contributed by atoms with Gasteiger partial charge in [-0.25, -0.2) is 0 Å². The van der Waals surface area contributed by atoms with E-state index in [1.165, 1.54) is 0 Å². The third kappa shape index (κ3) is 7.55. The standard InChI is InChI=1S/C24H30O4/c1-3-5-7-9-23(25)27-21-15-11-19(12-16-21)20-13-17-22(18-14-20)28-24(26)10-8-6-4-2/h11-18H,3-10H2,1-2H3. The molecule has 2 aromatic rings. The summed E-state index contributed by atoms with van der Waals surface area (Å²) in [4.78, 5) is 23.6. The summed E-state index contributed by atoms with van der Waals surface area (Å²) in [6, 6.07) is 14.9. The fourth-order valence-corrected chi connectivity index (χ4v) is 2.83. The minimum Gasteiger partial charge on any atom is -0.427 e. The van der Waals surface area contributed by atoms with E-state index in [9.17, 15) is 9.59 Å². The molecular formula is C24H30O4. The molecule has 4 heteroatoms. The SMILES string of the molecule is CCCCCC(=O)Oc1ccc(-c2ccc(OC(=O)CCCCC)cc2)cc1. The maximum atomic E-state index is 11.8. The Morgan fingerprint density at radius 3 is 1.29 bits per heavy atom. The van der Waals surface area contributed by atoms with Crippen LogP contribution in [0.15, 0.2) is 48.5 Å². The summed E-state index contributed by atoms with van der Waals surface area (Å²) < 4.78 is 10.7.